The topological polar surface area (TPSA) is 81.7 Å². The van der Waals surface area contributed by atoms with E-state index in [-0.39, 0.29) is 16.0 Å². The molecule has 0 atom stereocenters. The second-order valence-corrected chi connectivity index (χ2v) is 4.66. The average molecular weight is 206 g/mol. The molecule has 0 saturated heterocycles. The third-order valence-electron chi connectivity index (χ3n) is 1.66. The van der Waals surface area contributed by atoms with E-state index in [0.29, 0.717) is 0 Å². The molecule has 0 radical (unpaired) electrons. The fourth-order valence-electron chi connectivity index (χ4n) is 1.05. The molecule has 0 spiro atoms. The largest absolute Gasteiger partial charge is 0.224 e. The fraction of sp³-hybridized carbons (Fsp3) is 0.111. The Morgan fingerprint density at radius 3 is 2.29 bits per heavy atom. The summed E-state index contributed by atoms with van der Waals surface area (Å²) in [7, 11) is -3.45. The van der Waals surface area contributed by atoms with Crippen LogP contribution in [0.25, 0.3) is 0 Å². The quantitative estimate of drug-likeness (QED) is 0.681. The van der Waals surface area contributed by atoms with Crippen molar-refractivity contribution in [2.75, 3.05) is 6.26 Å². The summed E-state index contributed by atoms with van der Waals surface area (Å²) in [5, 5.41) is 17.4. The maximum Gasteiger partial charge on any atom is 0.176 e. The molecule has 0 aliphatic carbocycles. The zero-order valence-corrected chi connectivity index (χ0v) is 8.17. The minimum absolute atomic E-state index is 0.0791. The molecule has 5 heteroatoms. The van der Waals surface area contributed by atoms with Gasteiger partial charge in [0.05, 0.1) is 16.0 Å². The van der Waals surface area contributed by atoms with Gasteiger partial charge in [-0.3, -0.25) is 0 Å². The average Bonchev–Trinajstić information content (AvgIpc) is 2.15. The molecule has 1 aromatic carbocycles. The van der Waals surface area contributed by atoms with E-state index in [9.17, 15) is 8.42 Å². The number of nitrogens with zero attached hydrogens (tertiary/aromatic N) is 2. The lowest BCUT2D eigenvalue weighted by molar-refractivity contribution is 0.601. The number of rotatable bonds is 1. The first kappa shape index (κ1) is 10.2. The molecular formula is C9H6N2O2S. The van der Waals surface area contributed by atoms with Crippen molar-refractivity contribution in [3.05, 3.63) is 29.3 Å². The Morgan fingerprint density at radius 2 is 1.86 bits per heavy atom. The second-order valence-electron chi connectivity index (χ2n) is 2.67. The number of nitriles is 2. The van der Waals surface area contributed by atoms with Crippen molar-refractivity contribution in [2.24, 2.45) is 0 Å². The van der Waals surface area contributed by atoms with Crippen LogP contribution in [-0.2, 0) is 9.84 Å². The van der Waals surface area contributed by atoms with Gasteiger partial charge in [0, 0.05) is 6.26 Å². The van der Waals surface area contributed by atoms with Crippen molar-refractivity contribution in [3.8, 4) is 12.1 Å². The first-order chi connectivity index (χ1) is 6.50. The number of benzene rings is 1. The van der Waals surface area contributed by atoms with Crippen LogP contribution in [0.2, 0.25) is 0 Å². The lowest BCUT2D eigenvalue weighted by Crippen LogP contribution is -2.01. The predicted molar refractivity (Wildman–Crippen MR) is 49.0 cm³/mol. The van der Waals surface area contributed by atoms with Gasteiger partial charge in [-0.25, -0.2) is 8.42 Å². The van der Waals surface area contributed by atoms with Gasteiger partial charge < -0.3 is 0 Å². The summed E-state index contributed by atoms with van der Waals surface area (Å²) in [6, 6.07) is 7.66. The lowest BCUT2D eigenvalue weighted by atomic mass is 10.1. The van der Waals surface area contributed by atoms with E-state index in [0.717, 1.165) is 6.26 Å². The van der Waals surface area contributed by atoms with Crippen molar-refractivity contribution in [1.29, 1.82) is 10.5 Å². The van der Waals surface area contributed by atoms with E-state index in [1.165, 1.54) is 18.2 Å². The van der Waals surface area contributed by atoms with Crippen LogP contribution in [0.3, 0.4) is 0 Å². The normalized spacial score (nSPS) is 10.2. The van der Waals surface area contributed by atoms with Gasteiger partial charge in [-0.2, -0.15) is 10.5 Å². The SMILES string of the molecule is CS(=O)(=O)c1cccc(C#N)c1C#N. The number of hydrogen-bond donors (Lipinski definition) is 0. The molecule has 0 unspecified atom stereocenters. The molecule has 0 saturated carbocycles. The molecule has 0 amide bonds. The van der Waals surface area contributed by atoms with Gasteiger partial charge in [0.25, 0.3) is 0 Å². The standard InChI is InChI=1S/C9H6N2O2S/c1-14(12,13)9-4-2-3-7(5-10)8(9)6-11/h2-4H,1H3. The monoisotopic (exact) mass is 206 g/mol. The third kappa shape index (κ3) is 1.73. The van der Waals surface area contributed by atoms with Gasteiger partial charge in [0.15, 0.2) is 9.84 Å². The van der Waals surface area contributed by atoms with Crippen molar-refractivity contribution < 1.29 is 8.42 Å². The Kier molecular flexibility index (Phi) is 2.55. The molecule has 14 heavy (non-hydrogen) atoms. The van der Waals surface area contributed by atoms with Crippen LogP contribution < -0.4 is 0 Å². The highest BCUT2D eigenvalue weighted by molar-refractivity contribution is 7.90. The predicted octanol–water partition coefficient (Wildman–Crippen LogP) is 0.833. The highest BCUT2D eigenvalue weighted by atomic mass is 32.2. The Balaban J connectivity index is 3.66. The van der Waals surface area contributed by atoms with Crippen molar-refractivity contribution in [2.45, 2.75) is 4.90 Å². The maximum atomic E-state index is 11.2. The van der Waals surface area contributed by atoms with Gasteiger partial charge in [-0.1, -0.05) is 6.07 Å². The van der Waals surface area contributed by atoms with E-state index in [2.05, 4.69) is 0 Å². The molecule has 0 bridgehead atoms. The van der Waals surface area contributed by atoms with Crippen LogP contribution >= 0.6 is 0 Å². The lowest BCUT2D eigenvalue weighted by Gasteiger charge is -2.01. The molecule has 0 fully saturated rings. The first-order valence-corrected chi connectivity index (χ1v) is 5.53. The summed E-state index contributed by atoms with van der Waals surface area (Å²) in [6.45, 7) is 0. The highest BCUT2D eigenvalue weighted by Crippen LogP contribution is 2.17. The summed E-state index contributed by atoms with van der Waals surface area (Å²) >= 11 is 0. The number of sulfone groups is 1. The van der Waals surface area contributed by atoms with Gasteiger partial charge in [0.1, 0.15) is 12.1 Å². The Morgan fingerprint density at radius 1 is 1.21 bits per heavy atom. The van der Waals surface area contributed by atoms with Crippen LogP contribution in [0, 0.1) is 22.7 Å². The highest BCUT2D eigenvalue weighted by Gasteiger charge is 2.15. The van der Waals surface area contributed by atoms with Crippen LogP contribution in [0.1, 0.15) is 11.1 Å². The minimum Gasteiger partial charge on any atom is -0.224 e. The number of hydrogen-bond acceptors (Lipinski definition) is 4. The van der Waals surface area contributed by atoms with Gasteiger partial charge in [-0.15, -0.1) is 0 Å². The van der Waals surface area contributed by atoms with Crippen LogP contribution in [0.15, 0.2) is 23.1 Å². The van der Waals surface area contributed by atoms with Crippen molar-refractivity contribution in [3.63, 3.8) is 0 Å². The van der Waals surface area contributed by atoms with E-state index in [1.807, 2.05) is 0 Å². The zero-order chi connectivity index (χ0) is 10.8. The third-order valence-corrected chi connectivity index (χ3v) is 2.80. The molecular weight excluding hydrogens is 200 g/mol. The Bertz CT molecular complexity index is 547. The summed E-state index contributed by atoms with van der Waals surface area (Å²) in [6.07, 6.45) is 1.00. The van der Waals surface area contributed by atoms with E-state index >= 15 is 0 Å². The van der Waals surface area contributed by atoms with Crippen LogP contribution in [-0.4, -0.2) is 14.7 Å². The maximum absolute atomic E-state index is 11.2. The Labute approximate surface area is 81.9 Å². The Hall–Kier alpha value is -1.85. The zero-order valence-electron chi connectivity index (χ0n) is 7.35. The fourth-order valence-corrected chi connectivity index (χ4v) is 1.90. The van der Waals surface area contributed by atoms with Gasteiger partial charge in [0.2, 0.25) is 0 Å². The molecule has 0 aliphatic rings. The van der Waals surface area contributed by atoms with E-state index in [4.69, 9.17) is 10.5 Å². The van der Waals surface area contributed by atoms with Crippen molar-refractivity contribution >= 4 is 9.84 Å². The van der Waals surface area contributed by atoms with Gasteiger partial charge in [-0.05, 0) is 12.1 Å². The van der Waals surface area contributed by atoms with Gasteiger partial charge >= 0.3 is 0 Å². The minimum atomic E-state index is -3.45. The van der Waals surface area contributed by atoms with E-state index in [1.54, 1.807) is 12.1 Å². The molecule has 0 aromatic heterocycles. The van der Waals surface area contributed by atoms with Crippen LogP contribution in [0.5, 0.6) is 0 Å². The molecule has 1 aromatic rings. The summed E-state index contributed by atoms with van der Waals surface area (Å²) < 4.78 is 22.4. The summed E-state index contributed by atoms with van der Waals surface area (Å²) in [4.78, 5) is -0.0981. The second kappa shape index (κ2) is 3.49. The molecule has 70 valence electrons. The summed E-state index contributed by atoms with van der Waals surface area (Å²) in [5.74, 6) is 0. The smallest absolute Gasteiger partial charge is 0.176 e. The van der Waals surface area contributed by atoms with Crippen molar-refractivity contribution in [1.82, 2.24) is 0 Å². The molecule has 0 N–H and O–H groups in total. The first-order valence-electron chi connectivity index (χ1n) is 3.64. The van der Waals surface area contributed by atoms with E-state index < -0.39 is 9.84 Å². The summed E-state index contributed by atoms with van der Waals surface area (Å²) in [5.41, 5.74) is -0.00655. The molecule has 0 aliphatic heterocycles. The molecule has 0 heterocycles. The molecule has 1 rings (SSSR count). The van der Waals surface area contributed by atoms with Crippen LogP contribution in [0.4, 0.5) is 0 Å². The molecule has 4 nitrogen and oxygen atoms in total.